The van der Waals surface area contributed by atoms with Crippen LogP contribution < -0.4 is 20.1 Å². The Morgan fingerprint density at radius 1 is 0.919 bits per heavy atom. The largest absolute Gasteiger partial charge is 0.493 e. The zero-order valence-corrected chi connectivity index (χ0v) is 21.7. The van der Waals surface area contributed by atoms with Crippen molar-refractivity contribution >= 4 is 11.4 Å². The van der Waals surface area contributed by atoms with E-state index in [1.54, 1.807) is 14.2 Å². The molecule has 2 aromatic carbocycles. The predicted molar refractivity (Wildman–Crippen MR) is 142 cm³/mol. The normalized spacial score (nSPS) is 19.1. The topological polar surface area (TPSA) is 99.0 Å². The van der Waals surface area contributed by atoms with Gasteiger partial charge in [-0.15, -0.1) is 5.10 Å². The van der Waals surface area contributed by atoms with Crippen LogP contribution in [0.2, 0.25) is 0 Å². The van der Waals surface area contributed by atoms with Crippen molar-refractivity contribution in [2.75, 3.05) is 24.9 Å². The van der Waals surface area contributed by atoms with E-state index < -0.39 is 0 Å². The maximum atomic E-state index is 5.48. The Kier molecular flexibility index (Phi) is 5.51. The van der Waals surface area contributed by atoms with Gasteiger partial charge < -0.3 is 20.1 Å². The summed E-state index contributed by atoms with van der Waals surface area (Å²) in [5, 5.41) is 12.1. The van der Waals surface area contributed by atoms with Crippen LogP contribution in [0.5, 0.6) is 11.5 Å². The van der Waals surface area contributed by atoms with Crippen LogP contribution in [-0.2, 0) is 6.42 Å². The SMILES string of the molecule is COc1ccc(Cc2nc(C)nn2-c2cc(C3CC3C3(C)Nc4ccccc4N3)nc(C)n2)cc1OC. The summed E-state index contributed by atoms with van der Waals surface area (Å²) in [5.74, 6) is 5.10. The van der Waals surface area contributed by atoms with Crippen molar-refractivity contribution in [1.82, 2.24) is 24.7 Å². The van der Waals surface area contributed by atoms with Crippen molar-refractivity contribution in [3.8, 4) is 17.3 Å². The third-order valence-corrected chi connectivity index (χ3v) is 7.28. The number of benzene rings is 2. The maximum Gasteiger partial charge on any atom is 0.161 e. The Labute approximate surface area is 216 Å². The molecule has 0 saturated heterocycles. The van der Waals surface area contributed by atoms with Gasteiger partial charge in [-0.1, -0.05) is 18.2 Å². The number of rotatable bonds is 7. The molecule has 37 heavy (non-hydrogen) atoms. The molecule has 1 fully saturated rings. The highest BCUT2D eigenvalue weighted by molar-refractivity contribution is 5.76. The minimum atomic E-state index is -0.213. The number of hydrogen-bond donors (Lipinski definition) is 2. The number of nitrogens with one attached hydrogen (secondary N) is 2. The molecule has 190 valence electrons. The van der Waals surface area contributed by atoms with Crippen molar-refractivity contribution < 1.29 is 9.47 Å². The zero-order chi connectivity index (χ0) is 25.7. The molecule has 0 spiro atoms. The predicted octanol–water partition coefficient (Wildman–Crippen LogP) is 4.64. The quantitative estimate of drug-likeness (QED) is 0.381. The molecule has 0 radical (unpaired) electrons. The summed E-state index contributed by atoms with van der Waals surface area (Å²) < 4.78 is 12.7. The first-order valence-corrected chi connectivity index (χ1v) is 12.5. The van der Waals surface area contributed by atoms with E-state index in [-0.39, 0.29) is 5.66 Å². The van der Waals surface area contributed by atoms with Gasteiger partial charge in [0.2, 0.25) is 0 Å². The van der Waals surface area contributed by atoms with Crippen LogP contribution in [-0.4, -0.2) is 44.6 Å². The fourth-order valence-electron chi connectivity index (χ4n) is 5.44. The molecule has 9 nitrogen and oxygen atoms in total. The fraction of sp³-hybridized carbons (Fsp3) is 0.357. The third kappa shape index (κ3) is 4.24. The molecular formula is C28H31N7O2. The smallest absolute Gasteiger partial charge is 0.161 e. The lowest BCUT2D eigenvalue weighted by Crippen LogP contribution is -2.41. The first-order chi connectivity index (χ1) is 17.9. The van der Waals surface area contributed by atoms with Gasteiger partial charge in [0.05, 0.1) is 25.6 Å². The summed E-state index contributed by atoms with van der Waals surface area (Å²) in [6.45, 7) is 6.07. The molecule has 2 atom stereocenters. The lowest BCUT2D eigenvalue weighted by molar-refractivity contribution is 0.354. The van der Waals surface area contributed by atoms with Gasteiger partial charge in [-0.25, -0.2) is 15.0 Å². The Morgan fingerprint density at radius 2 is 1.65 bits per heavy atom. The van der Waals surface area contributed by atoms with Crippen molar-refractivity contribution in [2.45, 2.75) is 45.2 Å². The van der Waals surface area contributed by atoms with E-state index in [0.29, 0.717) is 35.6 Å². The highest BCUT2D eigenvalue weighted by Gasteiger charge is 2.54. The average Bonchev–Trinajstić information content (AvgIpc) is 3.52. The Hall–Kier alpha value is -4.14. The third-order valence-electron chi connectivity index (χ3n) is 7.28. The molecule has 2 unspecified atom stereocenters. The molecule has 1 aliphatic heterocycles. The summed E-state index contributed by atoms with van der Waals surface area (Å²) >= 11 is 0. The molecule has 0 amide bonds. The summed E-state index contributed by atoms with van der Waals surface area (Å²) in [6, 6.07) is 16.3. The van der Waals surface area contributed by atoms with E-state index in [0.717, 1.165) is 46.5 Å². The van der Waals surface area contributed by atoms with Crippen LogP contribution in [0.25, 0.3) is 5.82 Å². The molecule has 2 N–H and O–H groups in total. The number of para-hydroxylation sites is 2. The first-order valence-electron chi connectivity index (χ1n) is 12.5. The van der Waals surface area contributed by atoms with Crippen molar-refractivity contribution in [3.63, 3.8) is 0 Å². The molecule has 2 aliphatic rings. The van der Waals surface area contributed by atoms with Crippen LogP contribution in [0.3, 0.4) is 0 Å². The molecular weight excluding hydrogens is 466 g/mol. The highest BCUT2D eigenvalue weighted by atomic mass is 16.5. The zero-order valence-electron chi connectivity index (χ0n) is 21.7. The minimum Gasteiger partial charge on any atom is -0.493 e. The standard InChI is InChI=1S/C28H31N7O2/c1-16-29-23(19-14-20(19)28(3)32-21-8-6-7-9-22(21)33-28)15-27(30-16)35-26(31-17(2)34-35)13-18-10-11-24(36-4)25(12-18)37-5/h6-12,15,19-20,32-33H,13-14H2,1-5H3. The lowest BCUT2D eigenvalue weighted by atomic mass is 10.0. The lowest BCUT2D eigenvalue weighted by Gasteiger charge is -2.27. The van der Waals surface area contributed by atoms with Gasteiger partial charge in [0.25, 0.3) is 0 Å². The number of aromatic nitrogens is 5. The van der Waals surface area contributed by atoms with Crippen LogP contribution in [0.4, 0.5) is 11.4 Å². The average molecular weight is 498 g/mol. The second-order valence-corrected chi connectivity index (χ2v) is 10.00. The molecule has 3 heterocycles. The van der Waals surface area contributed by atoms with E-state index in [9.17, 15) is 0 Å². The number of fused-ring (bicyclic) bond motifs is 1. The van der Waals surface area contributed by atoms with Gasteiger partial charge in [0, 0.05) is 30.0 Å². The Balaban J connectivity index is 1.27. The number of hydrogen-bond acceptors (Lipinski definition) is 8. The Morgan fingerprint density at radius 3 is 2.35 bits per heavy atom. The van der Waals surface area contributed by atoms with Crippen LogP contribution in [0.1, 0.15) is 48.0 Å². The van der Waals surface area contributed by atoms with Gasteiger partial charge in [0.15, 0.2) is 17.3 Å². The first kappa shape index (κ1) is 23.3. The highest BCUT2D eigenvalue weighted by Crippen LogP contribution is 2.56. The summed E-state index contributed by atoms with van der Waals surface area (Å²) in [6.07, 6.45) is 1.63. The van der Waals surface area contributed by atoms with Crippen LogP contribution in [0.15, 0.2) is 48.5 Å². The van der Waals surface area contributed by atoms with E-state index in [1.165, 1.54) is 0 Å². The summed E-state index contributed by atoms with van der Waals surface area (Å²) in [7, 11) is 3.27. The minimum absolute atomic E-state index is 0.213. The van der Waals surface area contributed by atoms with Crippen molar-refractivity contribution in [1.29, 1.82) is 0 Å². The van der Waals surface area contributed by atoms with E-state index >= 15 is 0 Å². The number of anilines is 2. The van der Waals surface area contributed by atoms with Gasteiger partial charge in [0.1, 0.15) is 23.1 Å². The number of nitrogens with zero attached hydrogens (tertiary/aromatic N) is 5. The van der Waals surface area contributed by atoms with Gasteiger partial charge in [-0.3, -0.25) is 0 Å². The molecule has 2 aromatic heterocycles. The monoisotopic (exact) mass is 497 g/mol. The molecule has 6 rings (SSSR count). The fourth-order valence-corrected chi connectivity index (χ4v) is 5.44. The maximum absolute atomic E-state index is 5.48. The van der Waals surface area contributed by atoms with Gasteiger partial charge in [-0.05, 0) is 57.0 Å². The van der Waals surface area contributed by atoms with Gasteiger partial charge in [-0.2, -0.15) is 4.68 Å². The summed E-state index contributed by atoms with van der Waals surface area (Å²) in [5.41, 5.74) is 4.17. The summed E-state index contributed by atoms with van der Waals surface area (Å²) in [4.78, 5) is 14.3. The molecule has 9 heteroatoms. The molecule has 4 aromatic rings. The number of methoxy groups -OCH3 is 2. The van der Waals surface area contributed by atoms with Crippen LogP contribution in [0, 0.1) is 19.8 Å². The van der Waals surface area contributed by atoms with Crippen LogP contribution >= 0.6 is 0 Å². The van der Waals surface area contributed by atoms with E-state index in [1.807, 2.05) is 36.7 Å². The van der Waals surface area contributed by atoms with Crippen molar-refractivity contribution in [2.24, 2.45) is 5.92 Å². The van der Waals surface area contributed by atoms with Gasteiger partial charge >= 0.3 is 0 Å². The molecule has 1 saturated carbocycles. The second kappa shape index (κ2) is 8.76. The van der Waals surface area contributed by atoms with E-state index in [4.69, 9.17) is 24.4 Å². The Bertz CT molecular complexity index is 1460. The number of aryl methyl sites for hydroxylation is 2. The number of ether oxygens (including phenoxy) is 2. The van der Waals surface area contributed by atoms with Crippen molar-refractivity contribution in [3.05, 3.63) is 77.3 Å². The van der Waals surface area contributed by atoms with E-state index in [2.05, 4.69) is 53.0 Å². The molecule has 0 bridgehead atoms. The second-order valence-electron chi connectivity index (χ2n) is 10.00. The molecule has 1 aliphatic carbocycles.